The molecule has 0 unspecified atom stereocenters. The van der Waals surface area contributed by atoms with E-state index < -0.39 is 0 Å². The number of aromatic nitrogens is 1. The highest BCUT2D eigenvalue weighted by atomic mass is 16.6. The van der Waals surface area contributed by atoms with Crippen molar-refractivity contribution in [2.45, 2.75) is 12.8 Å². The van der Waals surface area contributed by atoms with E-state index in [0.29, 0.717) is 5.39 Å². The number of pyridine rings is 1. The number of fused-ring (bicyclic) bond motifs is 2. The van der Waals surface area contributed by atoms with E-state index in [1.807, 2.05) is 12.1 Å². The van der Waals surface area contributed by atoms with Gasteiger partial charge in [-0.15, -0.1) is 0 Å². The standard InChI is InChI=1S/C19H14N2O2/c22-21(23)19-7-3-6-16-17(19)10-11-20-18(16)12-14-9-8-13-4-1-2-5-15(13)14/h1-7,10-12H,8-9H2/b14-12-. The maximum Gasteiger partial charge on any atom is 0.277 e. The fraction of sp³-hybridized carbons (Fsp3) is 0.105. The highest BCUT2D eigenvalue weighted by Crippen LogP contribution is 2.35. The Morgan fingerprint density at radius 3 is 2.74 bits per heavy atom. The number of rotatable bonds is 2. The minimum Gasteiger partial charge on any atom is -0.258 e. The van der Waals surface area contributed by atoms with Crippen molar-refractivity contribution in [3.05, 3.63) is 81.7 Å². The van der Waals surface area contributed by atoms with Gasteiger partial charge in [0, 0.05) is 17.6 Å². The van der Waals surface area contributed by atoms with Crippen LogP contribution in [0.4, 0.5) is 5.69 Å². The molecule has 0 radical (unpaired) electrons. The molecule has 1 aliphatic rings. The maximum atomic E-state index is 11.2. The Kier molecular flexibility index (Phi) is 3.15. The SMILES string of the molecule is O=[N+]([O-])c1cccc2c(/C=C3/CCc4ccccc43)nccc12. The van der Waals surface area contributed by atoms with Gasteiger partial charge in [-0.1, -0.05) is 36.4 Å². The predicted molar refractivity (Wildman–Crippen MR) is 91.0 cm³/mol. The highest BCUT2D eigenvalue weighted by molar-refractivity contribution is 5.98. The normalized spacial score (nSPS) is 15.0. The van der Waals surface area contributed by atoms with Gasteiger partial charge in [0.25, 0.3) is 5.69 Å². The number of aryl methyl sites for hydroxylation is 1. The largest absolute Gasteiger partial charge is 0.277 e. The average molecular weight is 302 g/mol. The van der Waals surface area contributed by atoms with E-state index in [2.05, 4.69) is 29.3 Å². The van der Waals surface area contributed by atoms with Crippen LogP contribution >= 0.6 is 0 Å². The molecule has 3 aromatic rings. The molecule has 0 bridgehead atoms. The Hall–Kier alpha value is -3.01. The molecule has 0 spiro atoms. The Labute approximate surface area is 133 Å². The van der Waals surface area contributed by atoms with Crippen molar-refractivity contribution < 1.29 is 4.92 Å². The summed E-state index contributed by atoms with van der Waals surface area (Å²) in [6, 6.07) is 15.2. The molecule has 4 rings (SSSR count). The Morgan fingerprint density at radius 1 is 1.00 bits per heavy atom. The maximum absolute atomic E-state index is 11.2. The summed E-state index contributed by atoms with van der Waals surface area (Å²) in [6.07, 6.45) is 5.72. The Bertz CT molecular complexity index is 960. The molecule has 4 heteroatoms. The van der Waals surface area contributed by atoms with Crippen molar-refractivity contribution in [2.75, 3.05) is 0 Å². The summed E-state index contributed by atoms with van der Waals surface area (Å²) in [5.41, 5.74) is 4.77. The van der Waals surface area contributed by atoms with Gasteiger partial charge in [0.05, 0.1) is 16.0 Å². The van der Waals surface area contributed by atoms with Crippen LogP contribution in [0.25, 0.3) is 22.4 Å². The number of nitro groups is 1. The van der Waals surface area contributed by atoms with Crippen molar-refractivity contribution >= 4 is 28.1 Å². The van der Waals surface area contributed by atoms with Crippen molar-refractivity contribution in [3.8, 4) is 0 Å². The van der Waals surface area contributed by atoms with Crippen LogP contribution in [0.1, 0.15) is 23.2 Å². The van der Waals surface area contributed by atoms with E-state index in [0.717, 1.165) is 23.9 Å². The lowest BCUT2D eigenvalue weighted by Gasteiger charge is -2.05. The third-order valence-corrected chi connectivity index (χ3v) is 4.35. The van der Waals surface area contributed by atoms with Gasteiger partial charge < -0.3 is 0 Å². The first-order chi connectivity index (χ1) is 11.2. The van der Waals surface area contributed by atoms with Crippen LogP contribution in [0.15, 0.2) is 54.7 Å². The Balaban J connectivity index is 1.90. The molecule has 112 valence electrons. The molecule has 1 aliphatic carbocycles. The van der Waals surface area contributed by atoms with Gasteiger partial charge in [-0.05, 0) is 41.7 Å². The van der Waals surface area contributed by atoms with E-state index in [9.17, 15) is 10.1 Å². The number of nitrogens with zero attached hydrogens (tertiary/aromatic N) is 2. The van der Waals surface area contributed by atoms with E-state index >= 15 is 0 Å². The highest BCUT2D eigenvalue weighted by Gasteiger charge is 2.17. The Morgan fingerprint density at radius 2 is 1.87 bits per heavy atom. The zero-order valence-corrected chi connectivity index (χ0v) is 12.4. The molecule has 4 nitrogen and oxygen atoms in total. The van der Waals surface area contributed by atoms with Gasteiger partial charge in [0.2, 0.25) is 0 Å². The molecule has 0 fully saturated rings. The van der Waals surface area contributed by atoms with E-state index in [1.165, 1.54) is 22.8 Å². The molecule has 0 aliphatic heterocycles. The molecule has 0 saturated heterocycles. The number of benzene rings is 2. The molecule has 1 heterocycles. The van der Waals surface area contributed by atoms with Crippen LogP contribution in [-0.2, 0) is 6.42 Å². The van der Waals surface area contributed by atoms with Gasteiger partial charge in [-0.2, -0.15) is 0 Å². The van der Waals surface area contributed by atoms with E-state index in [1.54, 1.807) is 18.3 Å². The molecule has 0 N–H and O–H groups in total. The van der Waals surface area contributed by atoms with Crippen molar-refractivity contribution in [2.24, 2.45) is 0 Å². The molecule has 1 aromatic heterocycles. The second-order valence-corrected chi connectivity index (χ2v) is 5.65. The van der Waals surface area contributed by atoms with E-state index in [4.69, 9.17) is 0 Å². The second-order valence-electron chi connectivity index (χ2n) is 5.65. The fourth-order valence-corrected chi connectivity index (χ4v) is 3.26. The molecular weight excluding hydrogens is 288 g/mol. The summed E-state index contributed by atoms with van der Waals surface area (Å²) < 4.78 is 0. The second kappa shape index (κ2) is 5.32. The van der Waals surface area contributed by atoms with Crippen LogP contribution in [0.5, 0.6) is 0 Å². The van der Waals surface area contributed by atoms with Gasteiger partial charge >= 0.3 is 0 Å². The smallest absolute Gasteiger partial charge is 0.258 e. The van der Waals surface area contributed by atoms with Gasteiger partial charge in [-0.25, -0.2) is 0 Å². The van der Waals surface area contributed by atoms with Crippen LogP contribution in [0, 0.1) is 10.1 Å². The summed E-state index contributed by atoms with van der Waals surface area (Å²) in [5.74, 6) is 0. The van der Waals surface area contributed by atoms with Crippen LogP contribution in [0.3, 0.4) is 0 Å². The van der Waals surface area contributed by atoms with Gasteiger partial charge in [-0.3, -0.25) is 15.1 Å². The monoisotopic (exact) mass is 302 g/mol. The third kappa shape index (κ3) is 2.28. The fourth-order valence-electron chi connectivity index (χ4n) is 3.26. The lowest BCUT2D eigenvalue weighted by molar-refractivity contribution is -0.383. The lowest BCUT2D eigenvalue weighted by atomic mass is 10.0. The summed E-state index contributed by atoms with van der Waals surface area (Å²) in [6.45, 7) is 0. The van der Waals surface area contributed by atoms with Crippen LogP contribution in [-0.4, -0.2) is 9.91 Å². The quantitative estimate of drug-likeness (QED) is 0.512. The summed E-state index contributed by atoms with van der Waals surface area (Å²) in [4.78, 5) is 15.3. The molecule has 23 heavy (non-hydrogen) atoms. The molecular formula is C19H14N2O2. The average Bonchev–Trinajstić information content (AvgIpc) is 2.98. The predicted octanol–water partition coefficient (Wildman–Crippen LogP) is 4.63. The van der Waals surface area contributed by atoms with Crippen molar-refractivity contribution in [1.29, 1.82) is 0 Å². The molecule has 0 atom stereocenters. The number of non-ortho nitro benzene ring substituents is 1. The first-order valence-corrected chi connectivity index (χ1v) is 7.55. The van der Waals surface area contributed by atoms with Crippen LogP contribution < -0.4 is 0 Å². The van der Waals surface area contributed by atoms with E-state index in [-0.39, 0.29) is 10.6 Å². The zero-order chi connectivity index (χ0) is 15.8. The van der Waals surface area contributed by atoms with Gasteiger partial charge in [0.1, 0.15) is 0 Å². The van der Waals surface area contributed by atoms with Crippen molar-refractivity contribution in [1.82, 2.24) is 4.98 Å². The lowest BCUT2D eigenvalue weighted by Crippen LogP contribution is -1.92. The molecule has 0 amide bonds. The van der Waals surface area contributed by atoms with Crippen molar-refractivity contribution in [3.63, 3.8) is 0 Å². The first kappa shape index (κ1) is 13.6. The molecule has 2 aromatic carbocycles. The summed E-state index contributed by atoms with van der Waals surface area (Å²) in [7, 11) is 0. The minimum absolute atomic E-state index is 0.122. The van der Waals surface area contributed by atoms with Crippen LogP contribution in [0.2, 0.25) is 0 Å². The number of nitro benzene ring substituents is 1. The number of allylic oxidation sites excluding steroid dienone is 1. The minimum atomic E-state index is -0.343. The number of hydrogen-bond acceptors (Lipinski definition) is 3. The first-order valence-electron chi connectivity index (χ1n) is 7.55. The van der Waals surface area contributed by atoms with Gasteiger partial charge in [0.15, 0.2) is 0 Å². The zero-order valence-electron chi connectivity index (χ0n) is 12.4. The number of hydrogen-bond donors (Lipinski definition) is 0. The summed E-state index contributed by atoms with van der Waals surface area (Å²) in [5, 5.41) is 12.7. The summed E-state index contributed by atoms with van der Waals surface area (Å²) >= 11 is 0. The third-order valence-electron chi connectivity index (χ3n) is 4.35. The topological polar surface area (TPSA) is 56.0 Å². The molecule has 0 saturated carbocycles.